The monoisotopic (exact) mass is 369 g/mol. The number of rotatable bonds is 2. The minimum absolute atomic E-state index is 0.00753. The maximum Gasteiger partial charge on any atom is 0.337 e. The number of halogens is 1. The van der Waals surface area contributed by atoms with Crippen molar-refractivity contribution in [2.45, 2.75) is 6.04 Å². The molecule has 1 aliphatic heterocycles. The van der Waals surface area contributed by atoms with Gasteiger partial charge in [-0.25, -0.2) is 4.79 Å². The average Bonchev–Trinajstić information content (AvgIpc) is 2.99. The van der Waals surface area contributed by atoms with Gasteiger partial charge in [-0.15, -0.1) is 0 Å². The summed E-state index contributed by atoms with van der Waals surface area (Å²) in [6.45, 7) is 0. The van der Waals surface area contributed by atoms with Gasteiger partial charge in [0.1, 0.15) is 5.58 Å². The molecule has 0 spiro atoms. The van der Waals surface area contributed by atoms with Crippen LogP contribution in [-0.4, -0.2) is 19.0 Å². The first kappa shape index (κ1) is 16.4. The molecule has 0 aliphatic carbocycles. The van der Waals surface area contributed by atoms with Gasteiger partial charge in [0.2, 0.25) is 5.76 Å². The van der Waals surface area contributed by atoms with Crippen LogP contribution in [0.2, 0.25) is 5.02 Å². The summed E-state index contributed by atoms with van der Waals surface area (Å²) < 4.78 is 10.3. The third-order valence-electron chi connectivity index (χ3n) is 4.32. The van der Waals surface area contributed by atoms with Gasteiger partial charge in [-0.1, -0.05) is 23.7 Å². The Morgan fingerprint density at radius 1 is 1.15 bits per heavy atom. The van der Waals surface area contributed by atoms with E-state index < -0.39 is 17.9 Å². The first-order chi connectivity index (χ1) is 12.5. The van der Waals surface area contributed by atoms with Crippen molar-refractivity contribution in [3.8, 4) is 0 Å². The molecule has 0 saturated heterocycles. The second kappa shape index (κ2) is 6.00. The Labute approximate surface area is 152 Å². The van der Waals surface area contributed by atoms with E-state index in [0.717, 1.165) is 0 Å². The van der Waals surface area contributed by atoms with E-state index in [-0.39, 0.29) is 16.8 Å². The topological polar surface area (TPSA) is 85.6 Å². The van der Waals surface area contributed by atoms with Crippen LogP contribution in [0.1, 0.15) is 38.1 Å². The number of nitrogens with one attached hydrogen (secondary N) is 1. The highest BCUT2D eigenvalue weighted by Gasteiger charge is 2.35. The third-order valence-corrected chi connectivity index (χ3v) is 4.56. The van der Waals surface area contributed by atoms with E-state index in [1.54, 1.807) is 36.4 Å². The van der Waals surface area contributed by atoms with E-state index in [2.05, 4.69) is 10.1 Å². The highest BCUT2D eigenvalue weighted by molar-refractivity contribution is 6.31. The molecular weight excluding hydrogens is 358 g/mol. The number of benzene rings is 2. The number of amides is 1. The summed E-state index contributed by atoms with van der Waals surface area (Å²) in [4.78, 5) is 36.8. The molecule has 1 N–H and O–H groups in total. The fourth-order valence-electron chi connectivity index (χ4n) is 3.06. The Morgan fingerprint density at radius 2 is 1.88 bits per heavy atom. The number of methoxy groups -OCH3 is 1. The number of carbonyl (C=O) groups is 2. The summed E-state index contributed by atoms with van der Waals surface area (Å²) in [5.74, 6) is -0.935. The SMILES string of the molecule is COC(=O)c1ccc(C2NC(=O)c3oc4ccc(Cl)cc4c(=O)c32)cc1. The maximum atomic E-state index is 12.9. The lowest BCUT2D eigenvalue weighted by atomic mass is 9.98. The molecule has 2 aromatic carbocycles. The van der Waals surface area contributed by atoms with Crippen LogP contribution in [0.25, 0.3) is 11.0 Å². The Morgan fingerprint density at radius 3 is 2.58 bits per heavy atom. The van der Waals surface area contributed by atoms with Crippen molar-refractivity contribution in [2.24, 2.45) is 0 Å². The van der Waals surface area contributed by atoms with Crippen LogP contribution in [0.5, 0.6) is 0 Å². The summed E-state index contributed by atoms with van der Waals surface area (Å²) in [6, 6.07) is 10.5. The summed E-state index contributed by atoms with van der Waals surface area (Å²) >= 11 is 5.98. The van der Waals surface area contributed by atoms with Crippen LogP contribution in [0.4, 0.5) is 0 Å². The zero-order chi connectivity index (χ0) is 18.4. The average molecular weight is 370 g/mol. The standard InChI is InChI=1S/C19H12ClNO5/c1-25-19(24)10-4-2-9(3-5-10)15-14-16(22)12-8-11(20)6-7-13(12)26-17(14)18(23)21-15/h2-8,15H,1H3,(H,21,23). The molecule has 1 aromatic heterocycles. The number of hydrogen-bond acceptors (Lipinski definition) is 5. The van der Waals surface area contributed by atoms with Gasteiger partial charge in [-0.05, 0) is 35.9 Å². The first-order valence-electron chi connectivity index (χ1n) is 7.75. The van der Waals surface area contributed by atoms with Gasteiger partial charge in [0, 0.05) is 5.02 Å². The predicted molar refractivity (Wildman–Crippen MR) is 94.6 cm³/mol. The minimum Gasteiger partial charge on any atom is -0.465 e. The number of carbonyl (C=O) groups excluding carboxylic acids is 2. The number of hydrogen-bond donors (Lipinski definition) is 1. The Bertz CT molecular complexity index is 1120. The minimum atomic E-state index is -0.663. The molecule has 2 heterocycles. The van der Waals surface area contributed by atoms with Crippen molar-refractivity contribution in [1.82, 2.24) is 5.32 Å². The van der Waals surface area contributed by atoms with Crippen LogP contribution >= 0.6 is 11.6 Å². The van der Waals surface area contributed by atoms with Gasteiger partial charge in [-0.2, -0.15) is 0 Å². The lowest BCUT2D eigenvalue weighted by Gasteiger charge is -2.12. The summed E-state index contributed by atoms with van der Waals surface area (Å²) in [6.07, 6.45) is 0. The molecule has 130 valence electrons. The van der Waals surface area contributed by atoms with E-state index in [4.69, 9.17) is 16.0 Å². The van der Waals surface area contributed by atoms with Gasteiger partial charge < -0.3 is 14.5 Å². The van der Waals surface area contributed by atoms with Crippen molar-refractivity contribution in [2.75, 3.05) is 7.11 Å². The normalized spacial score (nSPS) is 15.6. The second-order valence-corrected chi connectivity index (χ2v) is 6.27. The molecule has 0 bridgehead atoms. The number of esters is 1. The van der Waals surface area contributed by atoms with E-state index in [0.29, 0.717) is 27.1 Å². The van der Waals surface area contributed by atoms with Crippen LogP contribution in [0.15, 0.2) is 51.7 Å². The molecule has 3 aromatic rings. The van der Waals surface area contributed by atoms with Gasteiger partial charge >= 0.3 is 5.97 Å². The largest absolute Gasteiger partial charge is 0.465 e. The van der Waals surface area contributed by atoms with Crippen molar-refractivity contribution >= 4 is 34.4 Å². The van der Waals surface area contributed by atoms with Gasteiger partial charge in [0.05, 0.1) is 29.7 Å². The first-order valence-corrected chi connectivity index (χ1v) is 8.13. The molecule has 1 aliphatic rings. The molecule has 0 radical (unpaired) electrons. The molecular formula is C19H12ClNO5. The molecule has 0 saturated carbocycles. The highest BCUT2D eigenvalue weighted by Crippen LogP contribution is 2.31. The van der Waals surface area contributed by atoms with Crippen molar-refractivity contribution in [3.63, 3.8) is 0 Å². The van der Waals surface area contributed by atoms with Gasteiger partial charge in [0.25, 0.3) is 5.91 Å². The molecule has 26 heavy (non-hydrogen) atoms. The fourth-order valence-corrected chi connectivity index (χ4v) is 3.23. The summed E-state index contributed by atoms with van der Waals surface area (Å²) in [5, 5.41) is 3.46. The van der Waals surface area contributed by atoms with Crippen molar-refractivity contribution in [1.29, 1.82) is 0 Å². The molecule has 1 amide bonds. The zero-order valence-corrected chi connectivity index (χ0v) is 14.3. The van der Waals surface area contributed by atoms with Crippen LogP contribution in [0, 0.1) is 0 Å². The quantitative estimate of drug-likeness (QED) is 0.702. The molecule has 6 nitrogen and oxygen atoms in total. The molecule has 0 fully saturated rings. The molecule has 7 heteroatoms. The lowest BCUT2D eigenvalue weighted by molar-refractivity contribution is 0.0600. The number of ether oxygens (including phenoxy) is 1. The Hall–Kier alpha value is -3.12. The van der Waals surface area contributed by atoms with E-state index in [9.17, 15) is 14.4 Å². The van der Waals surface area contributed by atoms with Crippen LogP contribution < -0.4 is 10.7 Å². The molecule has 1 atom stereocenters. The Balaban J connectivity index is 1.86. The smallest absolute Gasteiger partial charge is 0.337 e. The van der Waals surface area contributed by atoms with E-state index in [1.165, 1.54) is 13.2 Å². The van der Waals surface area contributed by atoms with E-state index in [1.807, 2.05) is 0 Å². The molecule has 1 unspecified atom stereocenters. The zero-order valence-electron chi connectivity index (χ0n) is 13.5. The highest BCUT2D eigenvalue weighted by atomic mass is 35.5. The fraction of sp³-hybridized carbons (Fsp3) is 0.105. The summed E-state index contributed by atoms with van der Waals surface area (Å²) in [5.41, 5.74) is 1.24. The summed E-state index contributed by atoms with van der Waals surface area (Å²) in [7, 11) is 1.30. The van der Waals surface area contributed by atoms with Gasteiger partial charge in [-0.3, -0.25) is 9.59 Å². The number of fused-ring (bicyclic) bond motifs is 2. The Kier molecular flexibility index (Phi) is 3.77. The van der Waals surface area contributed by atoms with E-state index >= 15 is 0 Å². The van der Waals surface area contributed by atoms with Crippen LogP contribution in [-0.2, 0) is 4.74 Å². The molecule has 4 rings (SSSR count). The predicted octanol–water partition coefficient (Wildman–Crippen LogP) is 3.07. The third kappa shape index (κ3) is 2.46. The lowest BCUT2D eigenvalue weighted by Crippen LogP contribution is -2.22. The van der Waals surface area contributed by atoms with Crippen molar-refractivity contribution < 1.29 is 18.7 Å². The van der Waals surface area contributed by atoms with Crippen LogP contribution in [0.3, 0.4) is 0 Å². The van der Waals surface area contributed by atoms with Crippen molar-refractivity contribution in [3.05, 3.63) is 80.2 Å². The maximum absolute atomic E-state index is 12.9. The van der Waals surface area contributed by atoms with Gasteiger partial charge in [0.15, 0.2) is 5.43 Å². The second-order valence-electron chi connectivity index (χ2n) is 5.83.